The number of nitrogens with one attached hydrogen (secondary N) is 3. The molecule has 1 aliphatic heterocycles. The second-order valence-electron chi connectivity index (χ2n) is 5.85. The molecule has 1 aliphatic rings. The van der Waals surface area contributed by atoms with Crippen molar-refractivity contribution in [3.8, 4) is 0 Å². The number of rotatable bonds is 6. The first-order valence-electron chi connectivity index (χ1n) is 7.24. The average molecular weight is 372 g/mol. The van der Waals surface area contributed by atoms with Gasteiger partial charge >= 0.3 is 6.03 Å². The van der Waals surface area contributed by atoms with Gasteiger partial charge in [-0.15, -0.1) is 4.83 Å². The van der Waals surface area contributed by atoms with Crippen LogP contribution >= 0.6 is 0 Å². The van der Waals surface area contributed by atoms with Crippen molar-refractivity contribution in [1.82, 2.24) is 20.5 Å². The molecule has 0 bridgehead atoms. The van der Waals surface area contributed by atoms with Gasteiger partial charge in [-0.2, -0.15) is 0 Å². The monoisotopic (exact) mass is 372 g/mol. The maximum atomic E-state index is 13.5. The number of carbonyl (C=O) groups excluding carboxylic acids is 3. The normalized spacial score (nSPS) is 16.7. The SMILES string of the molecule is CC1(C)NC(=O)N(CCC(=O)NNS(=O)(=O)c2ccccc2F)C1=O. The van der Waals surface area contributed by atoms with Gasteiger partial charge in [-0.25, -0.2) is 17.6 Å². The average Bonchev–Trinajstić information content (AvgIpc) is 2.72. The van der Waals surface area contributed by atoms with Crippen molar-refractivity contribution in [1.29, 1.82) is 0 Å². The van der Waals surface area contributed by atoms with E-state index in [4.69, 9.17) is 0 Å². The number of hydrogen-bond acceptors (Lipinski definition) is 5. The van der Waals surface area contributed by atoms with Crippen molar-refractivity contribution < 1.29 is 27.2 Å². The van der Waals surface area contributed by atoms with Gasteiger partial charge in [-0.3, -0.25) is 19.9 Å². The number of urea groups is 1. The molecule has 1 aromatic rings. The Bertz CT molecular complexity index is 824. The molecule has 1 heterocycles. The van der Waals surface area contributed by atoms with Crippen LogP contribution in [0.1, 0.15) is 20.3 Å². The summed E-state index contributed by atoms with van der Waals surface area (Å²) < 4.78 is 37.3. The summed E-state index contributed by atoms with van der Waals surface area (Å²) in [4.78, 5) is 37.4. The molecule has 0 aromatic heterocycles. The van der Waals surface area contributed by atoms with Crippen LogP contribution in [0.5, 0.6) is 0 Å². The van der Waals surface area contributed by atoms with Gasteiger partial charge in [0.05, 0.1) is 0 Å². The molecule has 1 fully saturated rings. The highest BCUT2D eigenvalue weighted by molar-refractivity contribution is 7.89. The number of sulfonamides is 1. The third kappa shape index (κ3) is 4.12. The van der Waals surface area contributed by atoms with Crippen molar-refractivity contribution >= 4 is 27.9 Å². The first-order chi connectivity index (χ1) is 11.5. The predicted molar refractivity (Wildman–Crippen MR) is 83.8 cm³/mol. The quantitative estimate of drug-likeness (QED) is 0.473. The topological polar surface area (TPSA) is 125 Å². The number of imide groups is 1. The van der Waals surface area contributed by atoms with E-state index >= 15 is 0 Å². The zero-order valence-electron chi connectivity index (χ0n) is 13.5. The second-order valence-corrected chi connectivity index (χ2v) is 7.50. The summed E-state index contributed by atoms with van der Waals surface area (Å²) >= 11 is 0. The van der Waals surface area contributed by atoms with Crippen LogP contribution in [0, 0.1) is 5.82 Å². The number of carbonyl (C=O) groups is 3. The fraction of sp³-hybridized carbons (Fsp3) is 0.357. The minimum absolute atomic E-state index is 0.221. The van der Waals surface area contributed by atoms with Crippen LogP contribution in [-0.4, -0.2) is 43.2 Å². The summed E-state index contributed by atoms with van der Waals surface area (Å²) in [6, 6.07) is 4.04. The Morgan fingerprint density at radius 3 is 2.48 bits per heavy atom. The number of hydrazine groups is 1. The zero-order valence-corrected chi connectivity index (χ0v) is 14.3. The lowest BCUT2D eigenvalue weighted by molar-refractivity contribution is -0.130. The van der Waals surface area contributed by atoms with Crippen LogP contribution in [0.3, 0.4) is 0 Å². The number of hydrogen-bond donors (Lipinski definition) is 3. The van der Waals surface area contributed by atoms with Gasteiger partial charge in [0.25, 0.3) is 15.9 Å². The smallest absolute Gasteiger partial charge is 0.324 e. The van der Waals surface area contributed by atoms with E-state index in [0.29, 0.717) is 0 Å². The second kappa shape index (κ2) is 6.76. The molecule has 25 heavy (non-hydrogen) atoms. The number of benzene rings is 1. The Morgan fingerprint density at radius 2 is 1.92 bits per heavy atom. The first kappa shape index (κ1) is 18.8. The van der Waals surface area contributed by atoms with Crippen molar-refractivity contribution in [3.05, 3.63) is 30.1 Å². The Balaban J connectivity index is 1.90. The molecule has 0 radical (unpaired) electrons. The largest absolute Gasteiger partial charge is 0.325 e. The van der Waals surface area contributed by atoms with Crippen molar-refractivity contribution in [2.45, 2.75) is 30.7 Å². The van der Waals surface area contributed by atoms with Crippen molar-refractivity contribution in [3.63, 3.8) is 0 Å². The number of halogens is 1. The summed E-state index contributed by atoms with van der Waals surface area (Å²) in [5.41, 5.74) is 0.854. The molecular weight excluding hydrogens is 355 g/mol. The lowest BCUT2D eigenvalue weighted by Gasteiger charge is -2.15. The molecule has 3 N–H and O–H groups in total. The van der Waals surface area contributed by atoms with Gasteiger partial charge in [0, 0.05) is 13.0 Å². The molecule has 0 spiro atoms. The minimum atomic E-state index is -4.28. The summed E-state index contributed by atoms with van der Waals surface area (Å²) in [6.07, 6.45) is -0.324. The van der Waals surface area contributed by atoms with Gasteiger partial charge in [0.1, 0.15) is 16.3 Å². The number of amides is 4. The summed E-state index contributed by atoms with van der Waals surface area (Å²) in [5.74, 6) is -2.24. The molecule has 0 aliphatic carbocycles. The highest BCUT2D eigenvalue weighted by Crippen LogP contribution is 2.16. The molecule has 11 heteroatoms. The number of nitrogens with zero attached hydrogens (tertiary/aromatic N) is 1. The molecule has 9 nitrogen and oxygen atoms in total. The summed E-state index contributed by atoms with van der Waals surface area (Å²) in [6.45, 7) is 2.83. The molecule has 1 aromatic carbocycles. The highest BCUT2D eigenvalue weighted by Gasteiger charge is 2.44. The van der Waals surface area contributed by atoms with E-state index < -0.39 is 44.1 Å². The van der Waals surface area contributed by atoms with Crippen molar-refractivity contribution in [2.75, 3.05) is 6.54 Å². The van der Waals surface area contributed by atoms with Crippen LogP contribution in [0.15, 0.2) is 29.2 Å². The molecule has 0 atom stereocenters. The third-order valence-electron chi connectivity index (χ3n) is 3.46. The zero-order chi connectivity index (χ0) is 18.8. The van der Waals surface area contributed by atoms with E-state index in [9.17, 15) is 27.2 Å². The Morgan fingerprint density at radius 1 is 1.28 bits per heavy atom. The molecule has 1 saturated heterocycles. The van der Waals surface area contributed by atoms with Gasteiger partial charge in [0.15, 0.2) is 0 Å². The van der Waals surface area contributed by atoms with Crippen molar-refractivity contribution in [2.24, 2.45) is 0 Å². The van der Waals surface area contributed by atoms with Gasteiger partial charge < -0.3 is 5.32 Å². The minimum Gasteiger partial charge on any atom is -0.324 e. The fourth-order valence-corrected chi connectivity index (χ4v) is 3.08. The van der Waals surface area contributed by atoms with E-state index in [-0.39, 0.29) is 13.0 Å². The van der Waals surface area contributed by atoms with Crippen LogP contribution < -0.4 is 15.6 Å². The van der Waals surface area contributed by atoms with Crippen LogP contribution in [-0.2, 0) is 19.6 Å². The van der Waals surface area contributed by atoms with Gasteiger partial charge in [-0.1, -0.05) is 12.1 Å². The molecule has 2 rings (SSSR count). The Labute approximate surface area is 143 Å². The maximum Gasteiger partial charge on any atom is 0.325 e. The van der Waals surface area contributed by atoms with E-state index in [2.05, 4.69) is 5.32 Å². The van der Waals surface area contributed by atoms with E-state index in [0.717, 1.165) is 17.0 Å². The predicted octanol–water partition coefficient (Wildman–Crippen LogP) is -0.144. The highest BCUT2D eigenvalue weighted by atomic mass is 32.2. The van der Waals surface area contributed by atoms with Crippen LogP contribution in [0.2, 0.25) is 0 Å². The molecule has 0 saturated carbocycles. The summed E-state index contributed by atoms with van der Waals surface area (Å²) in [7, 11) is -4.28. The Hall–Kier alpha value is -2.53. The van der Waals surface area contributed by atoms with Crippen LogP contribution in [0.25, 0.3) is 0 Å². The Kier molecular flexibility index (Phi) is 5.09. The van der Waals surface area contributed by atoms with E-state index in [1.54, 1.807) is 4.83 Å². The molecule has 136 valence electrons. The first-order valence-corrected chi connectivity index (χ1v) is 8.72. The van der Waals surface area contributed by atoms with E-state index in [1.165, 1.54) is 26.0 Å². The fourth-order valence-electron chi connectivity index (χ4n) is 2.14. The summed E-state index contributed by atoms with van der Waals surface area (Å²) in [5, 5.41) is 2.45. The maximum absolute atomic E-state index is 13.5. The van der Waals surface area contributed by atoms with Crippen LogP contribution in [0.4, 0.5) is 9.18 Å². The molecule has 4 amide bonds. The lowest BCUT2D eigenvalue weighted by Crippen LogP contribution is -2.44. The third-order valence-corrected chi connectivity index (χ3v) is 4.74. The molecule has 0 unspecified atom stereocenters. The molecular formula is C14H17FN4O5S. The van der Waals surface area contributed by atoms with Gasteiger partial charge in [0.2, 0.25) is 5.91 Å². The van der Waals surface area contributed by atoms with Gasteiger partial charge in [-0.05, 0) is 26.0 Å². The van der Waals surface area contributed by atoms with E-state index in [1.807, 2.05) is 5.43 Å². The lowest BCUT2D eigenvalue weighted by atomic mass is 10.1. The standard InChI is InChI=1S/C14H17FN4O5S/c1-14(2)12(21)19(13(22)16-14)8-7-11(20)17-18-25(23,24)10-6-4-3-5-9(10)15/h3-6,18H,7-8H2,1-2H3,(H,16,22)(H,17,20).